The van der Waals surface area contributed by atoms with Crippen molar-refractivity contribution in [2.24, 2.45) is 7.05 Å². The average molecular weight is 265 g/mol. The van der Waals surface area contributed by atoms with Crippen molar-refractivity contribution < 1.29 is 0 Å². The van der Waals surface area contributed by atoms with Gasteiger partial charge in [-0.15, -0.1) is 0 Å². The smallest absolute Gasteiger partial charge is 0.125 e. The average Bonchev–Trinajstić information content (AvgIpc) is 2.83. The summed E-state index contributed by atoms with van der Waals surface area (Å²) in [6.07, 6.45) is 14.5. The largest absolute Gasteiger partial charge is 0.337 e. The minimum absolute atomic E-state index is 0.422. The Morgan fingerprint density at radius 1 is 1.11 bits per heavy atom. The van der Waals surface area contributed by atoms with Gasteiger partial charge in [-0.3, -0.25) is 0 Å². The van der Waals surface area contributed by atoms with E-state index < -0.39 is 0 Å². The lowest BCUT2D eigenvalue weighted by atomic mass is 10.0. The fourth-order valence-corrected chi connectivity index (χ4v) is 2.48. The Labute approximate surface area is 118 Å². The molecule has 0 saturated heterocycles. The molecule has 110 valence electrons. The van der Waals surface area contributed by atoms with Crippen LogP contribution in [0.15, 0.2) is 12.4 Å². The molecule has 0 fully saturated rings. The van der Waals surface area contributed by atoms with Gasteiger partial charge in [0, 0.05) is 19.4 Å². The van der Waals surface area contributed by atoms with Crippen molar-refractivity contribution in [3.63, 3.8) is 0 Å². The highest BCUT2D eigenvalue weighted by atomic mass is 15.1. The van der Waals surface area contributed by atoms with E-state index in [1.54, 1.807) is 0 Å². The van der Waals surface area contributed by atoms with Crippen molar-refractivity contribution in [2.75, 3.05) is 6.54 Å². The summed E-state index contributed by atoms with van der Waals surface area (Å²) >= 11 is 0. The highest BCUT2D eigenvalue weighted by Gasteiger charge is 2.14. The van der Waals surface area contributed by atoms with Crippen LogP contribution in [0.1, 0.15) is 77.1 Å². The Kier molecular flexibility index (Phi) is 8.55. The normalized spacial score (nSPS) is 12.8. The molecule has 3 heteroatoms. The second-order valence-electron chi connectivity index (χ2n) is 5.46. The van der Waals surface area contributed by atoms with Crippen LogP contribution in [0.5, 0.6) is 0 Å². The van der Waals surface area contributed by atoms with Crippen LogP contribution in [-0.2, 0) is 7.05 Å². The van der Waals surface area contributed by atoms with Gasteiger partial charge in [-0.05, 0) is 19.4 Å². The summed E-state index contributed by atoms with van der Waals surface area (Å²) in [6.45, 7) is 5.56. The van der Waals surface area contributed by atoms with Crippen LogP contribution < -0.4 is 5.32 Å². The van der Waals surface area contributed by atoms with Crippen LogP contribution in [0, 0.1) is 0 Å². The van der Waals surface area contributed by atoms with Gasteiger partial charge >= 0.3 is 0 Å². The topological polar surface area (TPSA) is 29.9 Å². The lowest BCUT2D eigenvalue weighted by Crippen LogP contribution is -2.24. The quantitative estimate of drug-likeness (QED) is 0.607. The first-order valence-corrected chi connectivity index (χ1v) is 8.00. The van der Waals surface area contributed by atoms with Crippen molar-refractivity contribution in [1.29, 1.82) is 0 Å². The Bertz CT molecular complexity index is 320. The van der Waals surface area contributed by atoms with E-state index >= 15 is 0 Å². The molecule has 0 amide bonds. The molecule has 1 aromatic heterocycles. The van der Waals surface area contributed by atoms with Crippen LogP contribution in [0.3, 0.4) is 0 Å². The molecule has 1 rings (SSSR count). The number of rotatable bonds is 11. The molecule has 0 aliphatic heterocycles. The molecular weight excluding hydrogens is 234 g/mol. The third-order valence-corrected chi connectivity index (χ3v) is 3.66. The summed E-state index contributed by atoms with van der Waals surface area (Å²) < 4.78 is 2.14. The number of unbranched alkanes of at least 4 members (excludes halogenated alkanes) is 5. The summed E-state index contributed by atoms with van der Waals surface area (Å²) in [4.78, 5) is 4.50. The number of hydrogen-bond donors (Lipinski definition) is 1. The second-order valence-corrected chi connectivity index (χ2v) is 5.46. The van der Waals surface area contributed by atoms with Crippen molar-refractivity contribution in [3.8, 4) is 0 Å². The summed E-state index contributed by atoms with van der Waals surface area (Å²) in [5.74, 6) is 1.18. The van der Waals surface area contributed by atoms with Gasteiger partial charge in [0.2, 0.25) is 0 Å². The summed E-state index contributed by atoms with van der Waals surface area (Å²) in [6, 6.07) is 0.422. The van der Waals surface area contributed by atoms with Gasteiger partial charge < -0.3 is 9.88 Å². The Morgan fingerprint density at radius 2 is 1.84 bits per heavy atom. The molecule has 0 aromatic carbocycles. The molecule has 0 saturated carbocycles. The van der Waals surface area contributed by atoms with Gasteiger partial charge in [-0.1, -0.05) is 52.4 Å². The minimum Gasteiger partial charge on any atom is -0.337 e. The van der Waals surface area contributed by atoms with Crippen molar-refractivity contribution in [2.45, 2.75) is 71.3 Å². The third-order valence-electron chi connectivity index (χ3n) is 3.66. The fraction of sp³-hybridized carbons (Fsp3) is 0.812. The first kappa shape index (κ1) is 16.2. The monoisotopic (exact) mass is 265 g/mol. The molecule has 1 aromatic rings. The van der Waals surface area contributed by atoms with Crippen molar-refractivity contribution >= 4 is 0 Å². The SMILES string of the molecule is CCCCCCCCC(NCCC)c1nccn1C. The Morgan fingerprint density at radius 3 is 2.47 bits per heavy atom. The summed E-state index contributed by atoms with van der Waals surface area (Å²) in [5.41, 5.74) is 0. The number of aromatic nitrogens is 2. The Hall–Kier alpha value is -0.830. The maximum Gasteiger partial charge on any atom is 0.125 e. The maximum absolute atomic E-state index is 4.50. The molecule has 3 nitrogen and oxygen atoms in total. The van der Waals surface area contributed by atoms with Crippen molar-refractivity contribution in [3.05, 3.63) is 18.2 Å². The second kappa shape index (κ2) is 10.0. The zero-order valence-electron chi connectivity index (χ0n) is 13.0. The number of hydrogen-bond acceptors (Lipinski definition) is 2. The van der Waals surface area contributed by atoms with E-state index in [1.807, 2.05) is 12.4 Å². The maximum atomic E-state index is 4.50. The van der Waals surface area contributed by atoms with E-state index in [1.165, 1.54) is 57.2 Å². The fourth-order valence-electron chi connectivity index (χ4n) is 2.48. The molecule has 0 aliphatic carbocycles. The van der Waals surface area contributed by atoms with Gasteiger partial charge in [0.25, 0.3) is 0 Å². The van der Waals surface area contributed by atoms with Crippen LogP contribution >= 0.6 is 0 Å². The van der Waals surface area contributed by atoms with Crippen LogP contribution in [0.2, 0.25) is 0 Å². The summed E-state index contributed by atoms with van der Waals surface area (Å²) in [7, 11) is 2.09. The predicted octanol–water partition coefficient (Wildman–Crippen LogP) is 4.21. The lowest BCUT2D eigenvalue weighted by Gasteiger charge is -2.18. The molecule has 1 unspecified atom stereocenters. The highest BCUT2D eigenvalue weighted by Crippen LogP contribution is 2.18. The molecular formula is C16H31N3. The number of nitrogens with zero attached hydrogens (tertiary/aromatic N) is 2. The van der Waals surface area contributed by atoms with E-state index in [-0.39, 0.29) is 0 Å². The predicted molar refractivity (Wildman–Crippen MR) is 82.2 cm³/mol. The van der Waals surface area contributed by atoms with Gasteiger partial charge in [0.05, 0.1) is 6.04 Å². The number of nitrogens with one attached hydrogen (secondary N) is 1. The lowest BCUT2D eigenvalue weighted by molar-refractivity contribution is 0.440. The third kappa shape index (κ3) is 6.24. The van der Waals surface area contributed by atoms with E-state index in [9.17, 15) is 0 Å². The van der Waals surface area contributed by atoms with Crippen LogP contribution in [0.25, 0.3) is 0 Å². The zero-order valence-corrected chi connectivity index (χ0v) is 13.0. The number of aryl methyl sites for hydroxylation is 1. The molecule has 0 aliphatic rings. The molecule has 1 heterocycles. The van der Waals surface area contributed by atoms with E-state index in [4.69, 9.17) is 0 Å². The summed E-state index contributed by atoms with van der Waals surface area (Å²) in [5, 5.41) is 3.63. The van der Waals surface area contributed by atoms with Gasteiger partial charge in [-0.25, -0.2) is 4.98 Å². The molecule has 1 atom stereocenters. The van der Waals surface area contributed by atoms with Gasteiger partial charge in [0.15, 0.2) is 0 Å². The first-order chi connectivity index (χ1) is 9.29. The molecule has 19 heavy (non-hydrogen) atoms. The van der Waals surface area contributed by atoms with Crippen LogP contribution in [-0.4, -0.2) is 16.1 Å². The highest BCUT2D eigenvalue weighted by molar-refractivity contribution is 4.98. The minimum atomic E-state index is 0.422. The van der Waals surface area contributed by atoms with Gasteiger partial charge in [-0.2, -0.15) is 0 Å². The standard InChI is InChI=1S/C16H31N3/c1-4-6-7-8-9-10-11-15(17-12-5-2)16-18-13-14-19(16)3/h13-15,17H,4-12H2,1-3H3. The van der Waals surface area contributed by atoms with E-state index in [0.29, 0.717) is 6.04 Å². The molecule has 0 radical (unpaired) electrons. The van der Waals surface area contributed by atoms with Gasteiger partial charge in [0.1, 0.15) is 5.82 Å². The van der Waals surface area contributed by atoms with Crippen LogP contribution in [0.4, 0.5) is 0 Å². The van der Waals surface area contributed by atoms with E-state index in [0.717, 1.165) is 6.54 Å². The van der Waals surface area contributed by atoms with E-state index in [2.05, 4.69) is 35.8 Å². The Balaban J connectivity index is 2.32. The molecule has 0 bridgehead atoms. The zero-order chi connectivity index (χ0) is 13.9. The first-order valence-electron chi connectivity index (χ1n) is 8.00. The number of imidazole rings is 1. The molecule has 0 spiro atoms. The van der Waals surface area contributed by atoms with Crippen molar-refractivity contribution in [1.82, 2.24) is 14.9 Å². The molecule has 1 N–H and O–H groups in total.